The van der Waals surface area contributed by atoms with Gasteiger partial charge in [-0.25, -0.2) is 0 Å². The molecule has 2 aliphatic heterocycles. The number of nitrogens with zero attached hydrogens (tertiary/aromatic N) is 2. The molecule has 0 aromatic heterocycles. The smallest absolute Gasteiger partial charge is 0.191 e. The van der Waals surface area contributed by atoms with Crippen molar-refractivity contribution < 1.29 is 18.9 Å². The maximum Gasteiger partial charge on any atom is 0.191 e. The Balaban J connectivity index is 1.37. The highest BCUT2D eigenvalue weighted by Crippen LogP contribution is 2.30. The zero-order valence-corrected chi connectivity index (χ0v) is 18.5. The number of hydrogen-bond acceptors (Lipinski definition) is 6. The third kappa shape index (κ3) is 6.67. The summed E-state index contributed by atoms with van der Waals surface area (Å²) in [6, 6.07) is 6.34. The number of ether oxygens (including phenoxy) is 4. The van der Waals surface area contributed by atoms with Crippen molar-refractivity contribution in [2.75, 3.05) is 72.2 Å². The van der Waals surface area contributed by atoms with Gasteiger partial charge >= 0.3 is 0 Å². The molecule has 0 spiro atoms. The quantitative estimate of drug-likeness (QED) is 0.340. The second-order valence-corrected chi connectivity index (χ2v) is 7.80. The third-order valence-corrected chi connectivity index (χ3v) is 5.59. The lowest BCUT2D eigenvalue weighted by molar-refractivity contribution is 0.0888. The van der Waals surface area contributed by atoms with Crippen molar-refractivity contribution in [3.63, 3.8) is 0 Å². The first-order valence-corrected chi connectivity index (χ1v) is 10.8. The van der Waals surface area contributed by atoms with Crippen LogP contribution in [0.2, 0.25) is 0 Å². The van der Waals surface area contributed by atoms with Gasteiger partial charge in [-0.2, -0.15) is 0 Å². The summed E-state index contributed by atoms with van der Waals surface area (Å²) < 4.78 is 21.9. The topological polar surface area (TPSA) is 76.6 Å². The average Bonchev–Trinajstić information content (AvgIpc) is 3.47. The van der Waals surface area contributed by atoms with E-state index >= 15 is 0 Å². The molecule has 8 heteroatoms. The third-order valence-electron chi connectivity index (χ3n) is 5.59. The number of anilines is 1. The van der Waals surface area contributed by atoms with Crippen LogP contribution < -0.4 is 25.0 Å². The van der Waals surface area contributed by atoms with Gasteiger partial charge in [0.2, 0.25) is 0 Å². The molecule has 1 aromatic carbocycles. The van der Waals surface area contributed by atoms with Crippen molar-refractivity contribution in [3.05, 3.63) is 18.2 Å². The summed E-state index contributed by atoms with van der Waals surface area (Å²) in [5.41, 5.74) is 1.11. The predicted octanol–water partition coefficient (Wildman–Crippen LogP) is 1.89. The summed E-state index contributed by atoms with van der Waals surface area (Å²) in [7, 11) is 5.17. The molecule has 1 aromatic rings. The number of rotatable bonds is 10. The molecule has 2 saturated heterocycles. The minimum Gasteiger partial charge on any atom is -0.497 e. The Kier molecular flexibility index (Phi) is 8.89. The van der Waals surface area contributed by atoms with Gasteiger partial charge in [-0.3, -0.25) is 4.99 Å². The minimum absolute atomic E-state index is 0.340. The first kappa shape index (κ1) is 22.5. The maximum absolute atomic E-state index is 5.76. The van der Waals surface area contributed by atoms with E-state index < -0.39 is 0 Å². The second kappa shape index (κ2) is 11.9. The van der Waals surface area contributed by atoms with Gasteiger partial charge < -0.3 is 34.5 Å². The Bertz CT molecular complexity index is 657. The number of methoxy groups -OCH3 is 2. The first-order valence-electron chi connectivity index (χ1n) is 10.8. The Hall–Kier alpha value is -2.19. The maximum atomic E-state index is 5.76. The number of guanidine groups is 1. The van der Waals surface area contributed by atoms with Gasteiger partial charge in [-0.1, -0.05) is 0 Å². The van der Waals surface area contributed by atoms with Crippen LogP contribution in [0.4, 0.5) is 5.69 Å². The van der Waals surface area contributed by atoms with Crippen molar-refractivity contribution in [1.82, 2.24) is 10.6 Å². The van der Waals surface area contributed by atoms with Gasteiger partial charge in [-0.05, 0) is 19.3 Å². The molecule has 0 radical (unpaired) electrons. The van der Waals surface area contributed by atoms with Crippen molar-refractivity contribution in [2.24, 2.45) is 10.9 Å². The molecule has 2 atom stereocenters. The van der Waals surface area contributed by atoms with E-state index in [2.05, 4.69) is 32.7 Å². The number of hydrogen-bond donors (Lipinski definition) is 2. The van der Waals surface area contributed by atoms with Gasteiger partial charge in [0.25, 0.3) is 0 Å². The fourth-order valence-electron chi connectivity index (χ4n) is 3.82. The van der Waals surface area contributed by atoms with E-state index in [9.17, 15) is 0 Å². The number of nitrogens with one attached hydrogen (secondary N) is 2. The molecule has 0 amide bonds. The summed E-state index contributed by atoms with van der Waals surface area (Å²) in [6.45, 7) is 6.00. The molecule has 0 saturated carbocycles. The lowest BCUT2D eigenvalue weighted by Crippen LogP contribution is -2.45. The largest absolute Gasteiger partial charge is 0.497 e. The highest BCUT2D eigenvalue weighted by atomic mass is 16.5. The number of aliphatic imine (C=N–C) groups is 1. The van der Waals surface area contributed by atoms with Crippen LogP contribution in [0.15, 0.2) is 23.2 Å². The van der Waals surface area contributed by atoms with Gasteiger partial charge in [-0.15, -0.1) is 0 Å². The summed E-state index contributed by atoms with van der Waals surface area (Å²) in [6.07, 6.45) is 3.12. The zero-order valence-electron chi connectivity index (χ0n) is 18.5. The van der Waals surface area contributed by atoms with Gasteiger partial charge in [0, 0.05) is 75.7 Å². The minimum atomic E-state index is 0.340. The normalized spacial score (nSPS) is 21.7. The van der Waals surface area contributed by atoms with Crippen LogP contribution in [0.1, 0.15) is 19.3 Å². The van der Waals surface area contributed by atoms with Crippen LogP contribution in [-0.4, -0.2) is 79.3 Å². The first-order chi connectivity index (χ1) is 14.7. The van der Waals surface area contributed by atoms with Crippen molar-refractivity contribution in [2.45, 2.75) is 25.3 Å². The highest BCUT2D eigenvalue weighted by molar-refractivity contribution is 5.80. The Morgan fingerprint density at radius 2 is 2.00 bits per heavy atom. The molecule has 2 heterocycles. The standard InChI is InChI=1S/C22H36N4O4/c1-23-22(24-7-4-9-29-15-17-6-10-30-16-17)25-18-5-8-26(14-18)19-11-20(27-2)13-21(12-19)28-3/h11-13,17-18H,4-10,14-16H2,1-3H3,(H2,23,24,25). The zero-order chi connectivity index (χ0) is 21.2. The van der Waals surface area contributed by atoms with Crippen LogP contribution in [0.5, 0.6) is 11.5 Å². The second-order valence-electron chi connectivity index (χ2n) is 7.80. The van der Waals surface area contributed by atoms with Crippen molar-refractivity contribution in [1.29, 1.82) is 0 Å². The SMILES string of the molecule is CN=C(NCCCOCC1CCOC1)NC1CCN(c2cc(OC)cc(OC)c2)C1. The Labute approximate surface area is 179 Å². The molecule has 2 fully saturated rings. The summed E-state index contributed by atoms with van der Waals surface area (Å²) in [5, 5.41) is 6.93. The number of benzene rings is 1. The molecule has 30 heavy (non-hydrogen) atoms. The van der Waals surface area contributed by atoms with Crippen LogP contribution in [0.25, 0.3) is 0 Å². The fraction of sp³-hybridized carbons (Fsp3) is 0.682. The summed E-state index contributed by atoms with van der Waals surface area (Å²) >= 11 is 0. The van der Waals surface area contributed by atoms with Crippen molar-refractivity contribution >= 4 is 11.6 Å². The molecule has 0 bridgehead atoms. The summed E-state index contributed by atoms with van der Waals surface area (Å²) in [5.74, 6) is 3.03. The van der Waals surface area contributed by atoms with E-state index in [1.165, 1.54) is 0 Å². The molecule has 2 aliphatic rings. The van der Waals surface area contributed by atoms with E-state index in [0.29, 0.717) is 12.0 Å². The molecule has 168 valence electrons. The van der Waals surface area contributed by atoms with Gasteiger partial charge in [0.15, 0.2) is 5.96 Å². The Morgan fingerprint density at radius 3 is 2.67 bits per heavy atom. The van der Waals surface area contributed by atoms with E-state index in [0.717, 1.165) is 88.5 Å². The molecule has 0 aliphatic carbocycles. The van der Waals surface area contributed by atoms with Gasteiger partial charge in [0.05, 0.1) is 27.4 Å². The van der Waals surface area contributed by atoms with E-state index in [-0.39, 0.29) is 0 Å². The lowest BCUT2D eigenvalue weighted by atomic mass is 10.1. The van der Waals surface area contributed by atoms with E-state index in [1.54, 1.807) is 14.2 Å². The summed E-state index contributed by atoms with van der Waals surface area (Å²) in [4.78, 5) is 6.71. The predicted molar refractivity (Wildman–Crippen MR) is 119 cm³/mol. The molecule has 2 N–H and O–H groups in total. The van der Waals surface area contributed by atoms with Crippen LogP contribution in [0.3, 0.4) is 0 Å². The van der Waals surface area contributed by atoms with Gasteiger partial charge in [0.1, 0.15) is 11.5 Å². The van der Waals surface area contributed by atoms with E-state index in [4.69, 9.17) is 18.9 Å². The highest BCUT2D eigenvalue weighted by Gasteiger charge is 2.24. The van der Waals surface area contributed by atoms with Crippen LogP contribution >= 0.6 is 0 Å². The lowest BCUT2D eigenvalue weighted by Gasteiger charge is -2.21. The molecule has 3 rings (SSSR count). The van der Waals surface area contributed by atoms with Crippen molar-refractivity contribution in [3.8, 4) is 11.5 Å². The monoisotopic (exact) mass is 420 g/mol. The van der Waals surface area contributed by atoms with E-state index in [1.807, 2.05) is 13.1 Å². The molecule has 8 nitrogen and oxygen atoms in total. The fourth-order valence-corrected chi connectivity index (χ4v) is 3.82. The molecular weight excluding hydrogens is 384 g/mol. The molecule has 2 unspecified atom stereocenters. The molecular formula is C22H36N4O4. The van der Waals surface area contributed by atoms with Crippen LogP contribution in [0, 0.1) is 5.92 Å². The average molecular weight is 421 g/mol. The Morgan fingerprint density at radius 1 is 1.20 bits per heavy atom. The van der Waals surface area contributed by atoms with Crippen LogP contribution in [-0.2, 0) is 9.47 Å².